The van der Waals surface area contributed by atoms with Gasteiger partial charge in [-0.1, -0.05) is 19.1 Å². The Balaban J connectivity index is 2.09. The Bertz CT molecular complexity index is 466. The maximum absolute atomic E-state index is 12.6. The molecule has 20 heavy (non-hydrogen) atoms. The second-order valence-corrected chi connectivity index (χ2v) is 5.65. The largest absolute Gasteiger partial charge is 0.398 e. The minimum atomic E-state index is 0.0311. The molecule has 1 saturated heterocycles. The molecule has 2 N–H and O–H groups in total. The van der Waals surface area contributed by atoms with E-state index in [9.17, 15) is 4.79 Å². The zero-order chi connectivity index (χ0) is 14.7. The summed E-state index contributed by atoms with van der Waals surface area (Å²) in [7, 11) is 1.88. The number of likely N-dealkylation sites (N-methyl/N-ethyl adjacent to an activating group) is 2. The van der Waals surface area contributed by atoms with Crippen LogP contribution in [0, 0.1) is 6.92 Å². The number of nitrogen functional groups attached to an aromatic ring is 1. The summed E-state index contributed by atoms with van der Waals surface area (Å²) in [6.07, 6.45) is 2.40. The molecule has 1 amide bonds. The Hall–Kier alpha value is -1.55. The van der Waals surface area contributed by atoms with Crippen molar-refractivity contribution in [3.05, 3.63) is 29.3 Å². The summed E-state index contributed by atoms with van der Waals surface area (Å²) >= 11 is 0. The van der Waals surface area contributed by atoms with Gasteiger partial charge in [0.2, 0.25) is 0 Å². The monoisotopic (exact) mass is 275 g/mol. The lowest BCUT2D eigenvalue weighted by Crippen LogP contribution is -2.41. The number of nitrogens with two attached hydrogens (primary N) is 1. The maximum atomic E-state index is 12.6. The molecule has 1 aromatic rings. The molecule has 0 bridgehead atoms. The molecule has 1 atom stereocenters. The minimum Gasteiger partial charge on any atom is -0.398 e. The van der Waals surface area contributed by atoms with Crippen LogP contribution in [0.1, 0.15) is 35.7 Å². The van der Waals surface area contributed by atoms with Crippen LogP contribution in [-0.2, 0) is 0 Å². The van der Waals surface area contributed by atoms with Crippen molar-refractivity contribution in [1.29, 1.82) is 0 Å². The smallest absolute Gasteiger partial charge is 0.256 e. The molecule has 0 spiro atoms. The van der Waals surface area contributed by atoms with E-state index in [1.54, 1.807) is 6.07 Å². The Morgan fingerprint density at radius 3 is 2.90 bits per heavy atom. The molecule has 0 aliphatic carbocycles. The number of carbonyl (C=O) groups is 1. The number of rotatable bonds is 4. The highest BCUT2D eigenvalue weighted by atomic mass is 16.2. The summed E-state index contributed by atoms with van der Waals surface area (Å²) in [5, 5.41) is 0. The van der Waals surface area contributed by atoms with Gasteiger partial charge in [0.05, 0.1) is 5.56 Å². The third kappa shape index (κ3) is 2.96. The number of hydrogen-bond acceptors (Lipinski definition) is 3. The van der Waals surface area contributed by atoms with Gasteiger partial charge in [0.1, 0.15) is 0 Å². The van der Waals surface area contributed by atoms with Gasteiger partial charge in [0, 0.05) is 25.3 Å². The number of likely N-dealkylation sites (tertiary alicyclic amines) is 1. The Kier molecular flexibility index (Phi) is 4.65. The zero-order valence-corrected chi connectivity index (χ0v) is 12.7. The average molecular weight is 275 g/mol. The molecule has 0 aromatic heterocycles. The molecule has 1 unspecified atom stereocenters. The topological polar surface area (TPSA) is 49.6 Å². The second-order valence-electron chi connectivity index (χ2n) is 5.65. The zero-order valence-electron chi connectivity index (χ0n) is 12.7. The first kappa shape index (κ1) is 14.9. The summed E-state index contributed by atoms with van der Waals surface area (Å²) < 4.78 is 0. The van der Waals surface area contributed by atoms with E-state index in [1.807, 2.05) is 31.0 Å². The fourth-order valence-electron chi connectivity index (χ4n) is 3.09. The second kappa shape index (κ2) is 6.27. The van der Waals surface area contributed by atoms with Crippen LogP contribution in [0.4, 0.5) is 5.69 Å². The molecule has 1 heterocycles. The molecule has 1 fully saturated rings. The van der Waals surface area contributed by atoms with Crippen molar-refractivity contribution in [1.82, 2.24) is 9.80 Å². The highest BCUT2D eigenvalue weighted by molar-refractivity contribution is 6.00. The highest BCUT2D eigenvalue weighted by Gasteiger charge is 2.26. The summed E-state index contributed by atoms with van der Waals surface area (Å²) in [6.45, 7) is 7.10. The van der Waals surface area contributed by atoms with Crippen molar-refractivity contribution < 1.29 is 4.79 Å². The van der Waals surface area contributed by atoms with E-state index < -0.39 is 0 Å². The SMILES string of the molecule is CCN1CCCC1CN(C)C(=O)c1c(C)cccc1N. The van der Waals surface area contributed by atoms with E-state index in [2.05, 4.69) is 11.8 Å². The quantitative estimate of drug-likeness (QED) is 0.856. The number of aryl methyl sites for hydroxylation is 1. The standard InChI is InChI=1S/C16H25N3O/c1-4-19-10-6-8-13(19)11-18(3)16(20)15-12(2)7-5-9-14(15)17/h5,7,9,13H,4,6,8,10-11,17H2,1-3H3. The van der Waals surface area contributed by atoms with Crippen molar-refractivity contribution in [2.45, 2.75) is 32.7 Å². The van der Waals surface area contributed by atoms with E-state index in [4.69, 9.17) is 5.73 Å². The van der Waals surface area contributed by atoms with Gasteiger partial charge >= 0.3 is 0 Å². The molecule has 0 saturated carbocycles. The third-order valence-electron chi connectivity index (χ3n) is 4.26. The molecule has 110 valence electrons. The van der Waals surface area contributed by atoms with Crippen molar-refractivity contribution in [3.8, 4) is 0 Å². The molecule has 1 aliphatic rings. The number of carbonyl (C=O) groups excluding carboxylic acids is 1. The van der Waals surface area contributed by atoms with Crippen LogP contribution >= 0.6 is 0 Å². The fourth-order valence-corrected chi connectivity index (χ4v) is 3.09. The fraction of sp³-hybridized carbons (Fsp3) is 0.562. The van der Waals surface area contributed by atoms with Crippen LogP contribution < -0.4 is 5.73 Å². The van der Waals surface area contributed by atoms with E-state index in [1.165, 1.54) is 12.8 Å². The van der Waals surface area contributed by atoms with Gasteiger partial charge in [-0.05, 0) is 44.5 Å². The molecule has 4 heteroatoms. The van der Waals surface area contributed by atoms with Crippen LogP contribution in [0.3, 0.4) is 0 Å². The van der Waals surface area contributed by atoms with Crippen LogP contribution in [0.5, 0.6) is 0 Å². The van der Waals surface area contributed by atoms with Crippen LogP contribution in [0.25, 0.3) is 0 Å². The van der Waals surface area contributed by atoms with Crippen molar-refractivity contribution in [2.24, 2.45) is 0 Å². The first-order chi connectivity index (χ1) is 9.54. The minimum absolute atomic E-state index is 0.0311. The van der Waals surface area contributed by atoms with Crippen molar-refractivity contribution >= 4 is 11.6 Å². The van der Waals surface area contributed by atoms with Crippen LogP contribution in [0.2, 0.25) is 0 Å². The normalized spacial score (nSPS) is 19.2. The van der Waals surface area contributed by atoms with Crippen LogP contribution in [-0.4, -0.2) is 48.4 Å². The summed E-state index contributed by atoms with van der Waals surface area (Å²) in [6, 6.07) is 6.10. The van der Waals surface area contributed by atoms with Gasteiger partial charge in [0.15, 0.2) is 0 Å². The Morgan fingerprint density at radius 1 is 1.50 bits per heavy atom. The van der Waals surface area contributed by atoms with Crippen molar-refractivity contribution in [3.63, 3.8) is 0 Å². The number of amides is 1. The van der Waals surface area contributed by atoms with Gasteiger partial charge in [-0.3, -0.25) is 9.69 Å². The van der Waals surface area contributed by atoms with E-state index in [-0.39, 0.29) is 5.91 Å². The lowest BCUT2D eigenvalue weighted by molar-refractivity contribution is 0.0755. The van der Waals surface area contributed by atoms with Gasteiger partial charge in [-0.25, -0.2) is 0 Å². The van der Waals surface area contributed by atoms with E-state index in [0.717, 1.165) is 25.2 Å². The van der Waals surface area contributed by atoms with Crippen molar-refractivity contribution in [2.75, 3.05) is 32.4 Å². The molecule has 2 rings (SSSR count). The molecular formula is C16H25N3O. The Labute approximate surface area is 121 Å². The molecule has 0 radical (unpaired) electrons. The first-order valence-electron chi connectivity index (χ1n) is 7.39. The number of anilines is 1. The van der Waals surface area contributed by atoms with E-state index >= 15 is 0 Å². The van der Waals surface area contributed by atoms with Gasteiger partial charge in [-0.2, -0.15) is 0 Å². The molecular weight excluding hydrogens is 250 g/mol. The number of nitrogens with zero attached hydrogens (tertiary/aromatic N) is 2. The summed E-state index contributed by atoms with van der Waals surface area (Å²) in [5.41, 5.74) is 8.13. The summed E-state index contributed by atoms with van der Waals surface area (Å²) in [4.78, 5) is 16.9. The lowest BCUT2D eigenvalue weighted by atomic mass is 10.1. The summed E-state index contributed by atoms with van der Waals surface area (Å²) in [5.74, 6) is 0.0311. The third-order valence-corrected chi connectivity index (χ3v) is 4.26. The number of hydrogen-bond donors (Lipinski definition) is 1. The van der Waals surface area contributed by atoms with Gasteiger partial charge < -0.3 is 10.6 Å². The predicted molar refractivity (Wildman–Crippen MR) is 82.8 cm³/mol. The maximum Gasteiger partial charge on any atom is 0.256 e. The average Bonchev–Trinajstić information content (AvgIpc) is 2.85. The Morgan fingerprint density at radius 2 is 2.25 bits per heavy atom. The lowest BCUT2D eigenvalue weighted by Gasteiger charge is -2.28. The molecule has 1 aliphatic heterocycles. The predicted octanol–water partition coefficient (Wildman–Crippen LogP) is 2.13. The first-order valence-corrected chi connectivity index (χ1v) is 7.39. The van der Waals surface area contributed by atoms with Gasteiger partial charge in [0.25, 0.3) is 5.91 Å². The molecule has 4 nitrogen and oxygen atoms in total. The number of benzene rings is 1. The van der Waals surface area contributed by atoms with Crippen LogP contribution in [0.15, 0.2) is 18.2 Å². The van der Waals surface area contributed by atoms with Gasteiger partial charge in [-0.15, -0.1) is 0 Å². The molecule has 1 aromatic carbocycles. The van der Waals surface area contributed by atoms with E-state index in [0.29, 0.717) is 17.3 Å². The highest BCUT2D eigenvalue weighted by Crippen LogP contribution is 2.21.